The van der Waals surface area contributed by atoms with Crippen molar-refractivity contribution in [3.63, 3.8) is 0 Å². The highest BCUT2D eigenvalue weighted by atomic mass is 35.5. The fourth-order valence-corrected chi connectivity index (χ4v) is 5.61. The van der Waals surface area contributed by atoms with Crippen LogP contribution in [-0.4, -0.2) is 65.5 Å². The lowest BCUT2D eigenvalue weighted by Gasteiger charge is -2.35. The summed E-state index contributed by atoms with van der Waals surface area (Å²) in [5.74, 6) is 2.70. The van der Waals surface area contributed by atoms with Gasteiger partial charge in [-0.2, -0.15) is 4.98 Å². The third kappa shape index (κ3) is 4.73. The van der Waals surface area contributed by atoms with E-state index in [9.17, 15) is 4.79 Å². The second kappa shape index (κ2) is 9.86. The van der Waals surface area contributed by atoms with Gasteiger partial charge in [-0.15, -0.1) is 5.10 Å². The summed E-state index contributed by atoms with van der Waals surface area (Å²) in [6.07, 6.45) is 8.16. The molecule has 0 radical (unpaired) electrons. The summed E-state index contributed by atoms with van der Waals surface area (Å²) >= 11 is 6.35. The van der Waals surface area contributed by atoms with Crippen LogP contribution in [0.5, 0.6) is 0 Å². The number of morpholine rings is 1. The van der Waals surface area contributed by atoms with Crippen molar-refractivity contribution in [3.8, 4) is 22.9 Å². The molecule has 194 valence electrons. The van der Waals surface area contributed by atoms with Crippen LogP contribution >= 0.6 is 11.6 Å². The summed E-state index contributed by atoms with van der Waals surface area (Å²) < 4.78 is 8.00. The zero-order chi connectivity index (χ0) is 25.5. The molecule has 0 bridgehead atoms. The van der Waals surface area contributed by atoms with E-state index in [1.165, 1.54) is 25.7 Å². The molecular formula is C25H30ClN9O2. The minimum Gasteiger partial charge on any atom is -0.377 e. The number of pyridine rings is 1. The molecule has 4 aromatic heterocycles. The predicted molar refractivity (Wildman–Crippen MR) is 141 cm³/mol. The lowest BCUT2D eigenvalue weighted by Crippen LogP contribution is -2.45. The van der Waals surface area contributed by atoms with Gasteiger partial charge in [-0.1, -0.05) is 31.4 Å². The van der Waals surface area contributed by atoms with Gasteiger partial charge in [-0.3, -0.25) is 9.97 Å². The molecule has 37 heavy (non-hydrogen) atoms. The molecule has 11 nitrogen and oxygen atoms in total. The summed E-state index contributed by atoms with van der Waals surface area (Å²) in [6.45, 7) is 7.34. The monoisotopic (exact) mass is 523 g/mol. The molecule has 12 heteroatoms. The lowest BCUT2D eigenvalue weighted by atomic mass is 9.83. The molecule has 0 unspecified atom stereocenters. The molecule has 2 fully saturated rings. The van der Waals surface area contributed by atoms with Crippen LogP contribution in [0.4, 0.5) is 5.95 Å². The van der Waals surface area contributed by atoms with Gasteiger partial charge < -0.3 is 14.2 Å². The van der Waals surface area contributed by atoms with Gasteiger partial charge in [-0.05, 0) is 37.7 Å². The number of H-pyrrole nitrogens is 2. The van der Waals surface area contributed by atoms with E-state index in [0.717, 1.165) is 36.0 Å². The van der Waals surface area contributed by atoms with Crippen molar-refractivity contribution in [2.75, 3.05) is 24.7 Å². The van der Waals surface area contributed by atoms with Gasteiger partial charge in [0.1, 0.15) is 11.2 Å². The molecule has 2 aliphatic rings. The number of hydrogen-bond acceptors (Lipinski definition) is 8. The molecule has 1 saturated heterocycles. The van der Waals surface area contributed by atoms with E-state index in [4.69, 9.17) is 31.3 Å². The zero-order valence-electron chi connectivity index (χ0n) is 20.9. The minimum atomic E-state index is -0.426. The second-order valence-corrected chi connectivity index (χ2v) is 10.7. The molecule has 5 heterocycles. The number of rotatable bonds is 5. The molecular weight excluding hydrogens is 494 g/mol. The topological polar surface area (TPSA) is 130 Å². The van der Waals surface area contributed by atoms with E-state index in [2.05, 4.69) is 43.5 Å². The number of fused-ring (bicyclic) bond motifs is 1. The number of aromatic amines is 2. The molecule has 1 aliphatic carbocycles. The summed E-state index contributed by atoms with van der Waals surface area (Å²) in [5.41, 5.74) is 2.35. The van der Waals surface area contributed by atoms with Crippen molar-refractivity contribution in [1.82, 2.24) is 39.7 Å². The number of nitrogens with one attached hydrogen (secondary N) is 2. The van der Waals surface area contributed by atoms with E-state index in [-0.39, 0.29) is 17.7 Å². The Hall–Kier alpha value is -3.31. The summed E-state index contributed by atoms with van der Waals surface area (Å²) in [6, 6.07) is 2.01. The molecule has 1 saturated carbocycles. The standard InChI is InChI=1S/C25H30ClN9O2/c1-14-3-5-16(6-4-14)12-35-20-19(17-9-18(26)11-27-10-17)28-22(23-30-24(36)33-32-23)29-21(20)31-25(35)34-7-8-37-13-15(34)2/h9-11,14-16H,3-8,12-13H2,1-2H3,(H2,30,32,33,36)/t14-,15-,16-/m1/s1. The van der Waals surface area contributed by atoms with E-state index < -0.39 is 5.69 Å². The smallest absolute Gasteiger partial charge is 0.341 e. The van der Waals surface area contributed by atoms with Crippen molar-refractivity contribution >= 4 is 28.7 Å². The van der Waals surface area contributed by atoms with E-state index >= 15 is 0 Å². The summed E-state index contributed by atoms with van der Waals surface area (Å²) in [5, 5.41) is 6.96. The number of imidazole rings is 1. The normalized spacial score (nSPS) is 22.6. The molecule has 2 N–H and O–H groups in total. The van der Waals surface area contributed by atoms with Gasteiger partial charge in [0.15, 0.2) is 17.3 Å². The van der Waals surface area contributed by atoms with Crippen LogP contribution in [0, 0.1) is 11.8 Å². The molecule has 0 aromatic carbocycles. The molecule has 4 aromatic rings. The Balaban J connectivity index is 1.58. The quantitative estimate of drug-likeness (QED) is 0.405. The average Bonchev–Trinajstić information content (AvgIpc) is 3.49. The third-order valence-electron chi connectivity index (χ3n) is 7.47. The molecule has 1 aliphatic heterocycles. The maximum atomic E-state index is 11.8. The van der Waals surface area contributed by atoms with Gasteiger partial charge in [0.25, 0.3) is 0 Å². The number of nitrogens with zero attached hydrogens (tertiary/aromatic N) is 7. The lowest BCUT2D eigenvalue weighted by molar-refractivity contribution is 0.0976. The first-order chi connectivity index (χ1) is 18.0. The van der Waals surface area contributed by atoms with Crippen LogP contribution < -0.4 is 10.6 Å². The largest absolute Gasteiger partial charge is 0.377 e. The first-order valence-corrected chi connectivity index (χ1v) is 13.2. The summed E-state index contributed by atoms with van der Waals surface area (Å²) in [7, 11) is 0. The van der Waals surface area contributed by atoms with Crippen molar-refractivity contribution in [2.45, 2.75) is 52.1 Å². The van der Waals surface area contributed by atoms with Crippen LogP contribution in [0.2, 0.25) is 5.02 Å². The number of halogens is 1. The highest BCUT2D eigenvalue weighted by Gasteiger charge is 2.30. The van der Waals surface area contributed by atoms with E-state index in [0.29, 0.717) is 35.5 Å². The average molecular weight is 524 g/mol. The zero-order valence-corrected chi connectivity index (χ0v) is 21.7. The Labute approximate surface area is 218 Å². The third-order valence-corrected chi connectivity index (χ3v) is 7.68. The number of anilines is 1. The van der Waals surface area contributed by atoms with E-state index in [1.54, 1.807) is 12.4 Å². The number of aromatic nitrogens is 8. The molecule has 6 rings (SSSR count). The van der Waals surface area contributed by atoms with Crippen LogP contribution in [0.15, 0.2) is 23.3 Å². The Morgan fingerprint density at radius 2 is 1.97 bits per heavy atom. The maximum Gasteiger partial charge on any atom is 0.341 e. The van der Waals surface area contributed by atoms with Crippen LogP contribution in [-0.2, 0) is 11.3 Å². The molecule has 0 amide bonds. The Morgan fingerprint density at radius 1 is 1.14 bits per heavy atom. The minimum absolute atomic E-state index is 0.169. The van der Waals surface area contributed by atoms with Crippen molar-refractivity contribution < 1.29 is 4.74 Å². The Kier molecular flexibility index (Phi) is 6.41. The van der Waals surface area contributed by atoms with Crippen molar-refractivity contribution in [3.05, 3.63) is 34.0 Å². The molecule has 0 spiro atoms. The number of hydrogen-bond donors (Lipinski definition) is 2. The molecule has 1 atom stereocenters. The van der Waals surface area contributed by atoms with Crippen molar-refractivity contribution in [2.24, 2.45) is 11.8 Å². The maximum absolute atomic E-state index is 11.8. The Bertz CT molecular complexity index is 1470. The highest BCUT2D eigenvalue weighted by molar-refractivity contribution is 6.30. The van der Waals surface area contributed by atoms with Gasteiger partial charge >= 0.3 is 5.69 Å². The van der Waals surface area contributed by atoms with Crippen LogP contribution in [0.1, 0.15) is 39.5 Å². The fourth-order valence-electron chi connectivity index (χ4n) is 5.44. The Morgan fingerprint density at radius 3 is 2.70 bits per heavy atom. The first-order valence-electron chi connectivity index (χ1n) is 12.8. The van der Waals surface area contributed by atoms with Crippen LogP contribution in [0.3, 0.4) is 0 Å². The SMILES string of the molecule is C[C@@H]1COCCN1c1nc2nc(-c3n[nH]c(=O)[nH]3)nc(-c3cncc(Cl)c3)c2n1C[C@H]1CC[C@H](C)CC1. The van der Waals surface area contributed by atoms with Crippen molar-refractivity contribution in [1.29, 1.82) is 0 Å². The van der Waals surface area contributed by atoms with Gasteiger partial charge in [0.2, 0.25) is 5.95 Å². The van der Waals surface area contributed by atoms with Crippen LogP contribution in [0.25, 0.3) is 34.1 Å². The number of ether oxygens (including phenoxy) is 1. The van der Waals surface area contributed by atoms with Gasteiger partial charge in [-0.25, -0.2) is 19.9 Å². The fraction of sp³-hybridized carbons (Fsp3) is 0.520. The predicted octanol–water partition coefficient (Wildman–Crippen LogP) is 3.67. The van der Waals surface area contributed by atoms with Gasteiger partial charge in [0.05, 0.1) is 24.3 Å². The highest BCUT2D eigenvalue weighted by Crippen LogP contribution is 2.36. The first kappa shape index (κ1) is 24.1. The second-order valence-electron chi connectivity index (χ2n) is 10.3. The summed E-state index contributed by atoms with van der Waals surface area (Å²) in [4.78, 5) is 35.7. The van der Waals surface area contributed by atoms with Gasteiger partial charge in [0, 0.05) is 31.0 Å². The van der Waals surface area contributed by atoms with E-state index in [1.807, 2.05) is 6.07 Å².